The van der Waals surface area contributed by atoms with Crippen molar-refractivity contribution in [3.8, 4) is 0 Å². The van der Waals surface area contributed by atoms with E-state index in [1.807, 2.05) is 19.1 Å². The molecule has 1 nitrogen and oxygen atoms in total. The summed E-state index contributed by atoms with van der Waals surface area (Å²) in [6.07, 6.45) is 19.0. The van der Waals surface area contributed by atoms with Crippen LogP contribution in [0.1, 0.15) is 52.4 Å². The molecule has 0 aliphatic heterocycles. The van der Waals surface area contributed by atoms with Gasteiger partial charge in [0, 0.05) is 6.42 Å². The third kappa shape index (κ3) is 12.9. The molecule has 90 valence electrons. The lowest BCUT2D eigenvalue weighted by atomic mass is 10.1. The van der Waals surface area contributed by atoms with Gasteiger partial charge in [0.05, 0.1) is 0 Å². The largest absolute Gasteiger partial charge is 0.300 e. The summed E-state index contributed by atoms with van der Waals surface area (Å²) in [6.45, 7) is 3.68. The highest BCUT2D eigenvalue weighted by atomic mass is 16.1. The summed E-state index contributed by atoms with van der Waals surface area (Å²) in [4.78, 5) is 10.7. The number of hydrogen-bond donors (Lipinski definition) is 0. The summed E-state index contributed by atoms with van der Waals surface area (Å²) in [7, 11) is 0. The zero-order valence-corrected chi connectivity index (χ0v) is 10.6. The maximum absolute atomic E-state index is 10.7. The second-order valence-electron chi connectivity index (χ2n) is 3.96. The van der Waals surface area contributed by atoms with Crippen molar-refractivity contribution >= 4 is 5.78 Å². The van der Waals surface area contributed by atoms with Crippen molar-refractivity contribution in [3.63, 3.8) is 0 Å². The Morgan fingerprint density at radius 3 is 2.50 bits per heavy atom. The number of rotatable bonds is 9. The summed E-state index contributed by atoms with van der Waals surface area (Å²) in [6, 6.07) is 0. The van der Waals surface area contributed by atoms with E-state index in [0.29, 0.717) is 5.78 Å². The van der Waals surface area contributed by atoms with E-state index in [1.54, 1.807) is 6.92 Å². The van der Waals surface area contributed by atoms with E-state index >= 15 is 0 Å². The van der Waals surface area contributed by atoms with Crippen LogP contribution in [0.5, 0.6) is 0 Å². The van der Waals surface area contributed by atoms with Crippen LogP contribution in [0.2, 0.25) is 0 Å². The first-order chi connectivity index (χ1) is 7.77. The second kappa shape index (κ2) is 12.0. The van der Waals surface area contributed by atoms with E-state index in [0.717, 1.165) is 25.7 Å². The molecule has 0 spiro atoms. The van der Waals surface area contributed by atoms with E-state index in [1.165, 1.54) is 12.8 Å². The highest BCUT2D eigenvalue weighted by molar-refractivity contribution is 5.75. The molecule has 0 saturated heterocycles. The SMILES string of the molecule is C/C=C/C=C\C/C=C\CCCCCC(C)=O. The van der Waals surface area contributed by atoms with Gasteiger partial charge in [-0.2, -0.15) is 0 Å². The molecule has 0 bridgehead atoms. The fourth-order valence-electron chi connectivity index (χ4n) is 1.37. The quantitative estimate of drug-likeness (QED) is 0.315. The van der Waals surface area contributed by atoms with Crippen LogP contribution in [0.25, 0.3) is 0 Å². The second-order valence-corrected chi connectivity index (χ2v) is 3.96. The fraction of sp³-hybridized carbons (Fsp3) is 0.533. The summed E-state index contributed by atoms with van der Waals surface area (Å²) < 4.78 is 0. The average Bonchev–Trinajstić information content (AvgIpc) is 2.25. The molecule has 0 atom stereocenters. The number of unbranched alkanes of at least 4 members (excludes halogenated alkanes) is 3. The molecule has 0 amide bonds. The smallest absolute Gasteiger partial charge is 0.129 e. The molecule has 0 aromatic carbocycles. The Morgan fingerprint density at radius 2 is 1.81 bits per heavy atom. The first-order valence-corrected chi connectivity index (χ1v) is 6.19. The predicted molar refractivity (Wildman–Crippen MR) is 71.5 cm³/mol. The van der Waals surface area contributed by atoms with Crippen molar-refractivity contribution in [3.05, 3.63) is 36.5 Å². The molecule has 0 radical (unpaired) electrons. The van der Waals surface area contributed by atoms with Crippen molar-refractivity contribution in [1.82, 2.24) is 0 Å². The molecule has 0 aliphatic rings. The van der Waals surface area contributed by atoms with Crippen molar-refractivity contribution in [2.45, 2.75) is 52.4 Å². The minimum Gasteiger partial charge on any atom is -0.300 e. The Kier molecular flexibility index (Phi) is 11.1. The van der Waals surface area contributed by atoms with Gasteiger partial charge < -0.3 is 4.79 Å². The lowest BCUT2D eigenvalue weighted by molar-refractivity contribution is -0.117. The molecule has 0 aliphatic carbocycles. The summed E-state index contributed by atoms with van der Waals surface area (Å²) in [5, 5.41) is 0. The number of allylic oxidation sites excluding steroid dienone is 6. The van der Waals surface area contributed by atoms with Gasteiger partial charge in [-0.1, -0.05) is 42.9 Å². The molecule has 1 heteroatoms. The molecule has 0 rings (SSSR count). The molecular weight excluding hydrogens is 196 g/mol. The van der Waals surface area contributed by atoms with Gasteiger partial charge in [0.15, 0.2) is 0 Å². The monoisotopic (exact) mass is 220 g/mol. The number of carbonyl (C=O) groups excluding carboxylic acids is 1. The van der Waals surface area contributed by atoms with Crippen molar-refractivity contribution in [1.29, 1.82) is 0 Å². The Bertz CT molecular complexity index is 246. The van der Waals surface area contributed by atoms with Gasteiger partial charge in [-0.3, -0.25) is 0 Å². The lowest BCUT2D eigenvalue weighted by Crippen LogP contribution is -1.88. The number of hydrogen-bond acceptors (Lipinski definition) is 1. The van der Waals surface area contributed by atoms with Gasteiger partial charge in [0.25, 0.3) is 0 Å². The third-order valence-corrected chi connectivity index (χ3v) is 2.28. The molecule has 0 unspecified atom stereocenters. The summed E-state index contributed by atoms with van der Waals surface area (Å²) in [5.41, 5.74) is 0. The van der Waals surface area contributed by atoms with Crippen LogP contribution in [0.4, 0.5) is 0 Å². The Hall–Kier alpha value is -1.11. The van der Waals surface area contributed by atoms with Gasteiger partial charge >= 0.3 is 0 Å². The fourth-order valence-corrected chi connectivity index (χ4v) is 1.37. The Morgan fingerprint density at radius 1 is 1.00 bits per heavy atom. The predicted octanol–water partition coefficient (Wildman–Crippen LogP) is 4.60. The lowest BCUT2D eigenvalue weighted by Gasteiger charge is -1.95. The van der Waals surface area contributed by atoms with Crippen LogP contribution in [0.15, 0.2) is 36.5 Å². The zero-order valence-electron chi connectivity index (χ0n) is 10.6. The standard InChI is InChI=1S/C15H24O/c1-3-4-5-6-7-8-9-10-11-12-13-14-15(2)16/h3-6,8-9H,7,10-14H2,1-2H3/b4-3+,6-5-,9-8-. The molecule has 0 heterocycles. The number of ketones is 1. The van der Waals surface area contributed by atoms with E-state index in [2.05, 4.69) is 24.3 Å². The maximum Gasteiger partial charge on any atom is 0.129 e. The highest BCUT2D eigenvalue weighted by Crippen LogP contribution is 2.04. The molecule has 0 aromatic heterocycles. The Labute approximate surface area is 99.9 Å². The summed E-state index contributed by atoms with van der Waals surface area (Å²) in [5.74, 6) is 0.310. The van der Waals surface area contributed by atoms with E-state index in [9.17, 15) is 4.79 Å². The number of carbonyl (C=O) groups is 1. The minimum absolute atomic E-state index is 0.310. The normalized spacial score (nSPS) is 12.1. The molecule has 16 heavy (non-hydrogen) atoms. The average molecular weight is 220 g/mol. The molecule has 0 N–H and O–H groups in total. The third-order valence-electron chi connectivity index (χ3n) is 2.28. The topological polar surface area (TPSA) is 17.1 Å². The van der Waals surface area contributed by atoms with Gasteiger partial charge in [0.1, 0.15) is 5.78 Å². The van der Waals surface area contributed by atoms with Gasteiger partial charge in [-0.25, -0.2) is 0 Å². The van der Waals surface area contributed by atoms with Crippen LogP contribution in [-0.4, -0.2) is 5.78 Å². The van der Waals surface area contributed by atoms with Crippen molar-refractivity contribution < 1.29 is 4.79 Å². The van der Waals surface area contributed by atoms with Crippen LogP contribution < -0.4 is 0 Å². The van der Waals surface area contributed by atoms with Crippen LogP contribution in [0.3, 0.4) is 0 Å². The maximum atomic E-state index is 10.7. The van der Waals surface area contributed by atoms with Gasteiger partial charge in [-0.05, 0) is 39.5 Å². The molecule has 0 fully saturated rings. The van der Waals surface area contributed by atoms with E-state index in [4.69, 9.17) is 0 Å². The van der Waals surface area contributed by atoms with Crippen molar-refractivity contribution in [2.24, 2.45) is 0 Å². The Balaban J connectivity index is 3.24. The van der Waals surface area contributed by atoms with Crippen LogP contribution in [0, 0.1) is 0 Å². The highest BCUT2D eigenvalue weighted by Gasteiger charge is 1.92. The van der Waals surface area contributed by atoms with E-state index in [-0.39, 0.29) is 0 Å². The van der Waals surface area contributed by atoms with E-state index < -0.39 is 0 Å². The van der Waals surface area contributed by atoms with Gasteiger partial charge in [-0.15, -0.1) is 0 Å². The van der Waals surface area contributed by atoms with Crippen LogP contribution in [-0.2, 0) is 4.79 Å². The molecular formula is C15H24O. The van der Waals surface area contributed by atoms with Crippen molar-refractivity contribution in [2.75, 3.05) is 0 Å². The molecule has 0 saturated carbocycles. The van der Waals surface area contributed by atoms with Crippen LogP contribution >= 0.6 is 0 Å². The first kappa shape index (κ1) is 14.9. The summed E-state index contributed by atoms with van der Waals surface area (Å²) >= 11 is 0. The number of Topliss-reactive ketones (excluding diaryl/α,β-unsaturated/α-hetero) is 1. The minimum atomic E-state index is 0.310. The first-order valence-electron chi connectivity index (χ1n) is 6.19. The zero-order chi connectivity index (χ0) is 12.1. The van der Waals surface area contributed by atoms with Gasteiger partial charge in [0.2, 0.25) is 0 Å². The molecule has 0 aromatic rings.